The lowest BCUT2D eigenvalue weighted by atomic mass is 10.2. The summed E-state index contributed by atoms with van der Waals surface area (Å²) in [6.45, 7) is 0.219. The van der Waals surface area contributed by atoms with Crippen LogP contribution >= 0.6 is 0 Å². The maximum atomic E-state index is 11.5. The minimum Gasteiger partial charge on any atom is -0.396 e. The van der Waals surface area contributed by atoms with Crippen LogP contribution in [-0.2, 0) is 0 Å². The Hall–Kier alpha value is -0.980. The summed E-state index contributed by atoms with van der Waals surface area (Å²) in [6.07, 6.45) is -2.88. The van der Waals surface area contributed by atoms with E-state index in [1.165, 1.54) is 0 Å². The number of halogens is 3. The Bertz CT molecular complexity index is 173. The van der Waals surface area contributed by atoms with E-state index in [2.05, 4.69) is 0 Å². The van der Waals surface area contributed by atoms with Crippen LogP contribution in [-0.4, -0.2) is 30.6 Å². The van der Waals surface area contributed by atoms with Gasteiger partial charge in [0.2, 0.25) is 0 Å². The normalized spacial score (nSPS) is 11.1. The molecule has 0 heterocycles. The van der Waals surface area contributed by atoms with Crippen molar-refractivity contribution in [1.29, 1.82) is 0 Å². The highest BCUT2D eigenvalue weighted by Gasteiger charge is 2.29. The molecule has 0 aliphatic carbocycles. The molecule has 0 saturated heterocycles. The standard InChI is InChI=1S/C7H13F3N2O2/c8-7(9,10)12-6(14)11-4-2-1-3-5-13/h13H,1-5H2,(H2,11,12,14). The molecule has 2 amide bonds. The summed E-state index contributed by atoms with van der Waals surface area (Å²) < 4.78 is 34.6. The highest BCUT2D eigenvalue weighted by molar-refractivity contribution is 5.74. The molecule has 0 aliphatic rings. The van der Waals surface area contributed by atoms with E-state index < -0.39 is 12.3 Å². The van der Waals surface area contributed by atoms with Gasteiger partial charge in [-0.15, -0.1) is 0 Å². The fourth-order valence-electron chi connectivity index (χ4n) is 0.788. The van der Waals surface area contributed by atoms with Crippen LogP contribution in [0, 0.1) is 0 Å². The number of carbonyl (C=O) groups is 1. The van der Waals surface area contributed by atoms with Crippen molar-refractivity contribution < 1.29 is 23.1 Å². The molecule has 4 nitrogen and oxygen atoms in total. The van der Waals surface area contributed by atoms with Gasteiger partial charge in [0.05, 0.1) is 0 Å². The highest BCUT2D eigenvalue weighted by atomic mass is 19.4. The van der Waals surface area contributed by atoms with Crippen LogP contribution in [0.15, 0.2) is 0 Å². The molecule has 0 aromatic carbocycles. The summed E-state index contributed by atoms with van der Waals surface area (Å²) in [5, 5.41) is 11.2. The van der Waals surface area contributed by atoms with Gasteiger partial charge in [-0.1, -0.05) is 0 Å². The Morgan fingerprint density at radius 3 is 2.36 bits per heavy atom. The Labute approximate surface area is 79.5 Å². The lowest BCUT2D eigenvalue weighted by Crippen LogP contribution is -2.44. The first-order chi connectivity index (χ1) is 6.45. The zero-order valence-corrected chi connectivity index (χ0v) is 7.52. The molecule has 7 heteroatoms. The quantitative estimate of drug-likeness (QED) is 0.471. The highest BCUT2D eigenvalue weighted by Crippen LogP contribution is 2.08. The van der Waals surface area contributed by atoms with E-state index in [1.807, 2.05) is 5.32 Å². The fraction of sp³-hybridized carbons (Fsp3) is 0.857. The van der Waals surface area contributed by atoms with Crippen molar-refractivity contribution in [3.05, 3.63) is 0 Å². The summed E-state index contributed by atoms with van der Waals surface area (Å²) in [5.41, 5.74) is 0. The number of urea groups is 1. The lowest BCUT2D eigenvalue weighted by molar-refractivity contribution is -0.145. The molecule has 0 rings (SSSR count). The van der Waals surface area contributed by atoms with E-state index in [0.29, 0.717) is 19.3 Å². The third kappa shape index (κ3) is 9.11. The molecule has 0 saturated carbocycles. The molecular weight excluding hydrogens is 201 g/mol. The van der Waals surface area contributed by atoms with Gasteiger partial charge in [0.1, 0.15) is 0 Å². The number of hydrogen-bond acceptors (Lipinski definition) is 2. The molecule has 3 N–H and O–H groups in total. The molecule has 0 radical (unpaired) electrons. The Balaban J connectivity index is 3.36. The molecule has 0 atom stereocenters. The Morgan fingerprint density at radius 2 is 1.86 bits per heavy atom. The van der Waals surface area contributed by atoms with Gasteiger partial charge in [-0.2, -0.15) is 13.2 Å². The zero-order chi connectivity index (χ0) is 11.0. The van der Waals surface area contributed by atoms with Crippen molar-refractivity contribution in [3.63, 3.8) is 0 Å². The van der Waals surface area contributed by atoms with E-state index in [0.717, 1.165) is 5.32 Å². The zero-order valence-electron chi connectivity index (χ0n) is 7.52. The van der Waals surface area contributed by atoms with Gasteiger partial charge in [0.25, 0.3) is 0 Å². The van der Waals surface area contributed by atoms with Crippen molar-refractivity contribution in [2.24, 2.45) is 0 Å². The van der Waals surface area contributed by atoms with Gasteiger partial charge in [-0.3, -0.25) is 0 Å². The lowest BCUT2D eigenvalue weighted by Gasteiger charge is -2.09. The van der Waals surface area contributed by atoms with Crippen LogP contribution in [0.2, 0.25) is 0 Å². The van der Waals surface area contributed by atoms with Crippen LogP contribution in [0.3, 0.4) is 0 Å². The fourth-order valence-corrected chi connectivity index (χ4v) is 0.788. The van der Waals surface area contributed by atoms with Crippen molar-refractivity contribution in [2.75, 3.05) is 13.2 Å². The minimum atomic E-state index is -4.69. The number of rotatable bonds is 5. The number of nitrogens with one attached hydrogen (secondary N) is 2. The largest absolute Gasteiger partial charge is 0.485 e. The monoisotopic (exact) mass is 214 g/mol. The number of alkyl halides is 3. The summed E-state index contributed by atoms with van der Waals surface area (Å²) in [7, 11) is 0. The van der Waals surface area contributed by atoms with Crippen LogP contribution in [0.1, 0.15) is 19.3 Å². The van der Waals surface area contributed by atoms with Gasteiger partial charge >= 0.3 is 12.3 Å². The van der Waals surface area contributed by atoms with Gasteiger partial charge in [-0.25, -0.2) is 10.1 Å². The summed E-state index contributed by atoms with van der Waals surface area (Å²) in [5.74, 6) is 0. The maximum Gasteiger partial charge on any atom is 0.485 e. The summed E-state index contributed by atoms with van der Waals surface area (Å²) in [4.78, 5) is 10.5. The van der Waals surface area contributed by atoms with E-state index in [1.54, 1.807) is 0 Å². The molecule has 0 fully saturated rings. The first-order valence-electron chi connectivity index (χ1n) is 4.19. The SMILES string of the molecule is O=C(NCCCCCO)NC(F)(F)F. The molecule has 0 bridgehead atoms. The number of aliphatic hydroxyl groups excluding tert-OH is 1. The third-order valence-electron chi connectivity index (χ3n) is 1.38. The first-order valence-corrected chi connectivity index (χ1v) is 4.19. The van der Waals surface area contributed by atoms with Crippen LogP contribution in [0.25, 0.3) is 0 Å². The molecule has 0 aromatic rings. The minimum absolute atomic E-state index is 0.0503. The average Bonchev–Trinajstić information content (AvgIpc) is 2.00. The van der Waals surface area contributed by atoms with E-state index in [9.17, 15) is 18.0 Å². The molecular formula is C7H13F3N2O2. The third-order valence-corrected chi connectivity index (χ3v) is 1.38. The van der Waals surface area contributed by atoms with Gasteiger partial charge in [0.15, 0.2) is 0 Å². The molecule has 0 spiro atoms. The number of carbonyl (C=O) groups excluding carboxylic acids is 1. The molecule has 14 heavy (non-hydrogen) atoms. The van der Waals surface area contributed by atoms with Gasteiger partial charge in [0, 0.05) is 13.2 Å². The second-order valence-electron chi connectivity index (χ2n) is 2.66. The Morgan fingerprint density at radius 1 is 1.21 bits per heavy atom. The summed E-state index contributed by atoms with van der Waals surface area (Å²) in [6, 6.07) is -1.25. The van der Waals surface area contributed by atoms with Crippen LogP contribution < -0.4 is 10.6 Å². The second-order valence-corrected chi connectivity index (χ2v) is 2.66. The van der Waals surface area contributed by atoms with Crippen molar-refractivity contribution in [1.82, 2.24) is 10.6 Å². The van der Waals surface area contributed by atoms with Crippen LogP contribution in [0.4, 0.5) is 18.0 Å². The predicted octanol–water partition coefficient (Wildman–Crippen LogP) is 0.968. The van der Waals surface area contributed by atoms with Crippen molar-refractivity contribution in [2.45, 2.75) is 25.6 Å². The van der Waals surface area contributed by atoms with Crippen LogP contribution in [0.5, 0.6) is 0 Å². The van der Waals surface area contributed by atoms with Gasteiger partial charge < -0.3 is 10.4 Å². The van der Waals surface area contributed by atoms with Gasteiger partial charge in [-0.05, 0) is 19.3 Å². The van der Waals surface area contributed by atoms with E-state index in [-0.39, 0.29) is 13.2 Å². The molecule has 0 aliphatic heterocycles. The predicted molar refractivity (Wildman–Crippen MR) is 43.5 cm³/mol. The first kappa shape index (κ1) is 13.0. The molecule has 84 valence electrons. The topological polar surface area (TPSA) is 61.4 Å². The molecule has 0 aromatic heterocycles. The van der Waals surface area contributed by atoms with E-state index in [4.69, 9.17) is 5.11 Å². The number of aliphatic hydroxyl groups is 1. The average molecular weight is 214 g/mol. The smallest absolute Gasteiger partial charge is 0.396 e. The van der Waals surface area contributed by atoms with Crippen molar-refractivity contribution in [3.8, 4) is 0 Å². The number of amides is 2. The van der Waals surface area contributed by atoms with E-state index >= 15 is 0 Å². The Kier molecular flexibility index (Phi) is 6.02. The number of unbranched alkanes of at least 4 members (excludes halogenated alkanes) is 2. The maximum absolute atomic E-state index is 11.5. The number of hydrogen-bond donors (Lipinski definition) is 3. The van der Waals surface area contributed by atoms with Crippen molar-refractivity contribution >= 4 is 6.03 Å². The summed E-state index contributed by atoms with van der Waals surface area (Å²) >= 11 is 0. The second kappa shape index (κ2) is 6.47. The molecule has 0 unspecified atom stereocenters.